The SMILES string of the molecule is C.C.Cc1cn([C@@H]2C[C@@H]3[C@H](O2)[C@H](O)C[C@H]3C)c(=O)nc1NC(=O)c1ccccc1.Cc1cn([C@@H]2C[C@@H]3[C@H](O2)[C@H](OP(OCCC#N)N(C(C)C)C(C)C)C[C@H]3C)c(=O)nc1NC(=O)c1ccccc1. The lowest BCUT2D eigenvalue weighted by molar-refractivity contribution is -0.0554. The number of nitriles is 1. The Balaban J connectivity index is 0.000000267. The number of hydrogen-bond acceptors (Lipinski definition) is 13. The first-order valence-corrected chi connectivity index (χ1v) is 24.3. The van der Waals surface area contributed by atoms with Crippen LogP contribution in [0.25, 0.3) is 0 Å². The van der Waals surface area contributed by atoms with Crippen molar-refractivity contribution in [2.45, 2.75) is 151 Å². The van der Waals surface area contributed by atoms with Crippen LogP contribution in [-0.2, 0) is 18.5 Å². The number of aliphatic hydroxyl groups is 1. The normalized spacial score (nSPS) is 26.0. The van der Waals surface area contributed by atoms with Gasteiger partial charge in [-0.15, -0.1) is 0 Å². The van der Waals surface area contributed by atoms with Crippen molar-refractivity contribution in [3.8, 4) is 6.07 Å². The number of aliphatic hydroxyl groups excluding tert-OH is 1. The van der Waals surface area contributed by atoms with Crippen LogP contribution in [0.5, 0.6) is 0 Å². The number of aromatic nitrogens is 4. The van der Waals surface area contributed by atoms with Gasteiger partial charge in [0.2, 0.25) is 0 Å². The van der Waals surface area contributed by atoms with Gasteiger partial charge in [-0.2, -0.15) is 15.2 Å². The van der Waals surface area contributed by atoms with E-state index in [1.165, 1.54) is 9.13 Å². The Morgan fingerprint density at radius 1 is 0.783 bits per heavy atom. The zero-order valence-corrected chi connectivity index (χ0v) is 40.3. The van der Waals surface area contributed by atoms with Gasteiger partial charge in [0.05, 0.1) is 43.5 Å². The molecule has 11 atom stereocenters. The Morgan fingerprint density at radius 3 is 1.68 bits per heavy atom. The number of nitrogens with zero attached hydrogens (tertiary/aromatic N) is 6. The second kappa shape index (κ2) is 24.1. The topological polar surface area (TPSA) is 212 Å². The molecule has 4 aliphatic rings. The molecule has 3 N–H and O–H groups in total. The number of anilines is 2. The third-order valence-electron chi connectivity index (χ3n) is 13.2. The number of aryl methyl sites for hydroxylation is 2. The average molecular weight is 971 g/mol. The summed E-state index contributed by atoms with van der Waals surface area (Å²) in [6, 6.07) is 20.1. The van der Waals surface area contributed by atoms with Crippen LogP contribution >= 0.6 is 8.53 Å². The Hall–Kier alpha value is -5.18. The monoisotopic (exact) mass is 971 g/mol. The zero-order valence-electron chi connectivity index (χ0n) is 39.4. The van der Waals surface area contributed by atoms with E-state index < -0.39 is 38.5 Å². The molecule has 2 aromatic heterocycles. The molecule has 17 nitrogen and oxygen atoms in total. The number of nitrogens with one attached hydrogen (secondary N) is 2. The van der Waals surface area contributed by atoms with Crippen molar-refractivity contribution < 1.29 is 33.2 Å². The molecular formula is C51H71N8O9P. The maximum atomic E-state index is 13.1. The highest BCUT2D eigenvalue weighted by Gasteiger charge is 2.52. The molecule has 0 spiro atoms. The predicted molar refractivity (Wildman–Crippen MR) is 266 cm³/mol. The van der Waals surface area contributed by atoms with Crippen molar-refractivity contribution in [3.05, 3.63) is 116 Å². The molecule has 2 saturated heterocycles. The number of fused-ring (bicyclic) bond motifs is 2. The van der Waals surface area contributed by atoms with Gasteiger partial charge in [0.1, 0.15) is 24.1 Å². The second-order valence-corrected chi connectivity index (χ2v) is 20.1. The molecular weight excluding hydrogens is 900 g/mol. The van der Waals surface area contributed by atoms with Crippen LogP contribution in [0, 0.1) is 48.9 Å². The minimum atomic E-state index is -1.40. The summed E-state index contributed by atoms with van der Waals surface area (Å²) in [6.45, 7) is 16.7. The summed E-state index contributed by atoms with van der Waals surface area (Å²) >= 11 is 0. The molecule has 374 valence electrons. The Bertz CT molecular complexity index is 2490. The van der Waals surface area contributed by atoms with Gasteiger partial charge in [-0.05, 0) is 115 Å². The van der Waals surface area contributed by atoms with Crippen molar-refractivity contribution in [2.75, 3.05) is 17.2 Å². The minimum Gasteiger partial charge on any atom is -0.390 e. The molecule has 69 heavy (non-hydrogen) atoms. The molecule has 2 aliphatic heterocycles. The summed E-state index contributed by atoms with van der Waals surface area (Å²) in [5, 5.41) is 24.6. The molecule has 2 amide bonds. The van der Waals surface area contributed by atoms with Crippen molar-refractivity contribution >= 4 is 32.0 Å². The van der Waals surface area contributed by atoms with E-state index in [2.05, 4.69) is 72.9 Å². The Morgan fingerprint density at radius 2 is 1.23 bits per heavy atom. The number of carbonyl (C=O) groups is 2. The molecule has 1 unspecified atom stereocenters. The van der Waals surface area contributed by atoms with Crippen LogP contribution in [-0.4, -0.2) is 83.8 Å². The summed E-state index contributed by atoms with van der Waals surface area (Å²) in [6.07, 6.45) is 4.61. The number of rotatable bonds is 14. The largest absolute Gasteiger partial charge is 0.390 e. The first kappa shape index (κ1) is 54.8. The smallest absolute Gasteiger partial charge is 0.351 e. The van der Waals surface area contributed by atoms with Gasteiger partial charge in [-0.3, -0.25) is 18.7 Å². The summed E-state index contributed by atoms with van der Waals surface area (Å²) in [7, 11) is -1.40. The van der Waals surface area contributed by atoms with Crippen molar-refractivity contribution in [1.29, 1.82) is 5.26 Å². The number of ether oxygens (including phenoxy) is 2. The van der Waals surface area contributed by atoms with Crippen LogP contribution < -0.4 is 22.0 Å². The van der Waals surface area contributed by atoms with Gasteiger partial charge in [-0.25, -0.2) is 14.3 Å². The van der Waals surface area contributed by atoms with Crippen LogP contribution in [0.4, 0.5) is 11.6 Å². The molecule has 0 bridgehead atoms. The van der Waals surface area contributed by atoms with E-state index in [1.54, 1.807) is 67.8 Å². The van der Waals surface area contributed by atoms with Gasteiger partial charge in [-0.1, -0.05) is 65.1 Å². The molecule has 2 aromatic carbocycles. The highest BCUT2D eigenvalue weighted by atomic mass is 31.2. The lowest BCUT2D eigenvalue weighted by Crippen LogP contribution is -2.36. The van der Waals surface area contributed by atoms with Crippen LogP contribution in [0.1, 0.15) is 133 Å². The quantitative estimate of drug-likeness (QED) is 0.0798. The fraction of sp³-hybridized carbons (Fsp3) is 0.549. The van der Waals surface area contributed by atoms with Crippen molar-refractivity contribution in [3.63, 3.8) is 0 Å². The predicted octanol–water partition coefficient (Wildman–Crippen LogP) is 8.79. The summed E-state index contributed by atoms with van der Waals surface area (Å²) in [5.41, 5.74) is 1.38. The van der Waals surface area contributed by atoms with Gasteiger partial charge in [0.15, 0.2) is 0 Å². The van der Waals surface area contributed by atoms with Crippen molar-refractivity contribution in [2.24, 2.45) is 23.7 Å². The number of benzene rings is 2. The number of carbonyl (C=O) groups excluding carboxylic acids is 2. The lowest BCUT2D eigenvalue weighted by Gasteiger charge is -2.37. The molecule has 0 radical (unpaired) electrons. The molecule has 2 aliphatic carbocycles. The van der Waals surface area contributed by atoms with Crippen LogP contribution in [0.3, 0.4) is 0 Å². The number of hydrogen-bond donors (Lipinski definition) is 3. The average Bonchev–Trinajstić information content (AvgIpc) is 4.07. The van der Waals surface area contributed by atoms with E-state index in [0.29, 0.717) is 60.0 Å². The van der Waals surface area contributed by atoms with Gasteiger partial charge in [0.25, 0.3) is 20.3 Å². The van der Waals surface area contributed by atoms with E-state index in [9.17, 15) is 24.3 Å². The molecule has 4 aromatic rings. The minimum absolute atomic E-state index is 0. The van der Waals surface area contributed by atoms with E-state index >= 15 is 0 Å². The standard InChI is InChI=1S/C29H40N5O5P.C20H23N3O4.2CH4/c1-18(2)34(19(3)4)40(37-14-10-13-30)39-24-15-20(5)23-16-25(38-26(23)24)33-17-21(6)27(32-29(33)36)31-28(35)22-11-8-7-9-12-22;1-11-8-15(24)17-14(11)9-16(27-17)23-10-12(2)18(22-20(23)26)21-19(25)13-6-4-3-5-7-13;;/h7-9,11-12,17-20,23-26H,10,14-16H2,1-6H3,(H,31,32,35,36);3-7,10-11,14-17,24H,8-9H2,1-2H3,(H,21,22,25,26);2*1H4/t20-,23+,24-,25+,26+,40?;11-,14+,15-,16+,17+;;/m11../s1. The fourth-order valence-corrected chi connectivity index (χ4v) is 11.6. The second-order valence-electron chi connectivity index (χ2n) is 18.7. The first-order chi connectivity index (χ1) is 32.0. The third kappa shape index (κ3) is 12.6. The third-order valence-corrected chi connectivity index (χ3v) is 15.3. The van der Waals surface area contributed by atoms with Crippen LogP contribution in [0.15, 0.2) is 82.6 Å². The number of amides is 2. The van der Waals surface area contributed by atoms with E-state index in [-0.39, 0.29) is 80.5 Å². The highest BCUT2D eigenvalue weighted by Crippen LogP contribution is 2.54. The van der Waals surface area contributed by atoms with Crippen LogP contribution in [0.2, 0.25) is 0 Å². The van der Waals surface area contributed by atoms with E-state index in [4.69, 9.17) is 23.8 Å². The maximum absolute atomic E-state index is 13.1. The molecule has 8 rings (SSSR count). The summed E-state index contributed by atoms with van der Waals surface area (Å²) in [5.74, 6) is 1.03. The maximum Gasteiger partial charge on any atom is 0.351 e. The Labute approximate surface area is 407 Å². The fourth-order valence-electron chi connectivity index (χ4n) is 9.84. The molecule has 18 heteroatoms. The van der Waals surface area contributed by atoms with Crippen molar-refractivity contribution in [1.82, 2.24) is 23.8 Å². The van der Waals surface area contributed by atoms with E-state index in [0.717, 1.165) is 12.8 Å². The molecule has 2 saturated carbocycles. The Kier molecular flexibility index (Phi) is 19.1. The lowest BCUT2D eigenvalue weighted by atomic mass is 9.94. The summed E-state index contributed by atoms with van der Waals surface area (Å²) in [4.78, 5) is 58.8. The van der Waals surface area contributed by atoms with Gasteiger partial charge >= 0.3 is 11.4 Å². The zero-order chi connectivity index (χ0) is 48.1. The van der Waals surface area contributed by atoms with Gasteiger partial charge < -0.3 is 34.3 Å². The molecule has 4 heterocycles. The van der Waals surface area contributed by atoms with Gasteiger partial charge in [0, 0.05) is 46.7 Å². The summed E-state index contributed by atoms with van der Waals surface area (Å²) < 4.78 is 30.5. The first-order valence-electron chi connectivity index (χ1n) is 23.2. The van der Waals surface area contributed by atoms with E-state index in [1.807, 2.05) is 19.1 Å². The highest BCUT2D eigenvalue weighted by molar-refractivity contribution is 7.44. The molecule has 4 fully saturated rings.